The molecule has 0 amide bonds. The normalized spacial score (nSPS) is 11.4. The Balaban J connectivity index is 2.95. The number of nitrogens with zero attached hydrogens (tertiary/aromatic N) is 1. The maximum absolute atomic E-state index is 9.11. The third kappa shape index (κ3) is 5.85. The van der Waals surface area contributed by atoms with Crippen molar-refractivity contribution >= 4 is 17.3 Å². The van der Waals surface area contributed by atoms with E-state index in [4.69, 9.17) is 16.7 Å². The van der Waals surface area contributed by atoms with E-state index in [-0.39, 0.29) is 6.61 Å². The van der Waals surface area contributed by atoms with Gasteiger partial charge in [0.25, 0.3) is 0 Å². The van der Waals surface area contributed by atoms with E-state index < -0.39 is 0 Å². The maximum atomic E-state index is 9.11. The molecule has 4 heteroatoms. The molecule has 0 saturated carbocycles. The van der Waals surface area contributed by atoms with Crippen molar-refractivity contribution in [3.63, 3.8) is 0 Å². The van der Waals surface area contributed by atoms with Crippen molar-refractivity contribution in [1.29, 1.82) is 0 Å². The Morgan fingerprint density at radius 3 is 2.52 bits per heavy atom. The Kier molecular flexibility index (Phi) is 8.09. The van der Waals surface area contributed by atoms with Gasteiger partial charge in [-0.05, 0) is 44.4 Å². The van der Waals surface area contributed by atoms with Crippen molar-refractivity contribution in [2.75, 3.05) is 24.6 Å². The van der Waals surface area contributed by atoms with Crippen LogP contribution in [0.25, 0.3) is 0 Å². The lowest BCUT2D eigenvalue weighted by Crippen LogP contribution is -2.34. The molecular weight excluding hydrogens is 284 g/mol. The van der Waals surface area contributed by atoms with Crippen LogP contribution < -0.4 is 10.2 Å². The zero-order chi connectivity index (χ0) is 15.8. The van der Waals surface area contributed by atoms with E-state index in [1.807, 2.05) is 12.1 Å². The summed E-state index contributed by atoms with van der Waals surface area (Å²) in [6, 6.07) is 6.42. The summed E-state index contributed by atoms with van der Waals surface area (Å²) in [5.74, 6) is 0.628. The van der Waals surface area contributed by atoms with Crippen LogP contribution in [-0.2, 0) is 6.54 Å². The van der Waals surface area contributed by atoms with E-state index in [1.165, 1.54) is 5.56 Å². The molecule has 0 unspecified atom stereocenters. The molecule has 0 saturated heterocycles. The fourth-order valence-electron chi connectivity index (χ4n) is 2.39. The van der Waals surface area contributed by atoms with Gasteiger partial charge in [-0.1, -0.05) is 37.6 Å². The van der Waals surface area contributed by atoms with Gasteiger partial charge >= 0.3 is 0 Å². The molecule has 2 N–H and O–H groups in total. The van der Waals surface area contributed by atoms with Gasteiger partial charge in [0.15, 0.2) is 0 Å². The Morgan fingerprint density at radius 1 is 1.24 bits per heavy atom. The standard InChI is InChI=1S/C17H29ClN2O/c1-13(2)11-19-12-15-7-5-8-16(18)17(15)20(14(3)4)9-6-10-21/h5,7-8,13-14,19,21H,6,9-12H2,1-4H3. The van der Waals surface area contributed by atoms with Gasteiger partial charge in [-0.2, -0.15) is 0 Å². The lowest BCUT2D eigenvalue weighted by atomic mass is 10.1. The number of hydrogen-bond donors (Lipinski definition) is 2. The lowest BCUT2D eigenvalue weighted by molar-refractivity contribution is 0.288. The van der Waals surface area contributed by atoms with Crippen molar-refractivity contribution in [2.45, 2.75) is 46.7 Å². The highest BCUT2D eigenvalue weighted by Crippen LogP contribution is 2.31. The Hall–Kier alpha value is -0.770. The van der Waals surface area contributed by atoms with Crippen LogP contribution in [0.1, 0.15) is 39.7 Å². The summed E-state index contributed by atoms with van der Waals surface area (Å²) in [5.41, 5.74) is 2.31. The average Bonchev–Trinajstić information content (AvgIpc) is 2.40. The number of halogens is 1. The first-order valence-electron chi connectivity index (χ1n) is 7.83. The van der Waals surface area contributed by atoms with E-state index in [0.717, 1.165) is 36.8 Å². The molecule has 1 aromatic carbocycles. The number of hydrogen-bond acceptors (Lipinski definition) is 3. The Labute approximate surface area is 134 Å². The van der Waals surface area contributed by atoms with Crippen LogP contribution in [0.4, 0.5) is 5.69 Å². The predicted molar refractivity (Wildman–Crippen MR) is 92.2 cm³/mol. The van der Waals surface area contributed by atoms with Crippen molar-refractivity contribution in [1.82, 2.24) is 5.32 Å². The molecule has 1 rings (SSSR count). The number of rotatable bonds is 9. The summed E-state index contributed by atoms with van der Waals surface area (Å²) in [6.45, 7) is 11.5. The quantitative estimate of drug-likeness (QED) is 0.730. The number of aliphatic hydroxyl groups excluding tert-OH is 1. The molecule has 1 aromatic rings. The fourth-order valence-corrected chi connectivity index (χ4v) is 2.69. The highest BCUT2D eigenvalue weighted by molar-refractivity contribution is 6.33. The predicted octanol–water partition coefficient (Wildman–Crippen LogP) is 3.68. The smallest absolute Gasteiger partial charge is 0.0643 e. The van der Waals surface area contributed by atoms with Crippen LogP contribution >= 0.6 is 11.6 Å². The molecule has 0 aliphatic rings. The molecule has 21 heavy (non-hydrogen) atoms. The zero-order valence-corrected chi connectivity index (χ0v) is 14.5. The second kappa shape index (κ2) is 9.29. The van der Waals surface area contributed by atoms with Gasteiger partial charge in [-0.25, -0.2) is 0 Å². The number of aliphatic hydroxyl groups is 1. The molecule has 3 nitrogen and oxygen atoms in total. The summed E-state index contributed by atoms with van der Waals surface area (Å²) < 4.78 is 0. The summed E-state index contributed by atoms with van der Waals surface area (Å²) in [5, 5.41) is 13.4. The molecule has 0 spiro atoms. The summed E-state index contributed by atoms with van der Waals surface area (Å²) in [6.07, 6.45) is 0.752. The molecular formula is C17H29ClN2O. The molecule has 0 aromatic heterocycles. The topological polar surface area (TPSA) is 35.5 Å². The van der Waals surface area contributed by atoms with Gasteiger partial charge in [0.05, 0.1) is 10.7 Å². The minimum Gasteiger partial charge on any atom is -0.396 e. The Morgan fingerprint density at radius 2 is 1.95 bits per heavy atom. The van der Waals surface area contributed by atoms with E-state index in [1.54, 1.807) is 0 Å². The van der Waals surface area contributed by atoms with Crippen LogP contribution in [-0.4, -0.2) is 30.8 Å². The van der Waals surface area contributed by atoms with Gasteiger partial charge in [0, 0.05) is 25.7 Å². The third-order valence-corrected chi connectivity index (χ3v) is 3.71. The van der Waals surface area contributed by atoms with Crippen molar-refractivity contribution in [3.05, 3.63) is 28.8 Å². The molecule has 0 atom stereocenters. The van der Waals surface area contributed by atoms with Crippen molar-refractivity contribution in [3.8, 4) is 0 Å². The fraction of sp³-hybridized carbons (Fsp3) is 0.647. The first-order chi connectivity index (χ1) is 9.97. The average molecular weight is 313 g/mol. The molecule has 0 heterocycles. The molecule has 0 aliphatic heterocycles. The second-order valence-electron chi connectivity index (χ2n) is 6.14. The van der Waals surface area contributed by atoms with Gasteiger partial charge in [-0.15, -0.1) is 0 Å². The largest absolute Gasteiger partial charge is 0.396 e. The number of anilines is 1. The first kappa shape index (κ1) is 18.3. The number of nitrogens with one attached hydrogen (secondary N) is 1. The minimum atomic E-state index is 0.203. The molecule has 0 bridgehead atoms. The van der Waals surface area contributed by atoms with Gasteiger partial charge in [0.1, 0.15) is 0 Å². The molecule has 0 aliphatic carbocycles. The number of para-hydroxylation sites is 1. The highest BCUT2D eigenvalue weighted by atomic mass is 35.5. The van der Waals surface area contributed by atoms with Crippen LogP contribution in [0.3, 0.4) is 0 Å². The SMILES string of the molecule is CC(C)CNCc1cccc(Cl)c1N(CCCO)C(C)C. The first-order valence-corrected chi connectivity index (χ1v) is 8.20. The van der Waals surface area contributed by atoms with E-state index in [2.05, 4.69) is 44.0 Å². The monoisotopic (exact) mass is 312 g/mol. The zero-order valence-electron chi connectivity index (χ0n) is 13.7. The van der Waals surface area contributed by atoms with Crippen molar-refractivity contribution < 1.29 is 5.11 Å². The number of benzene rings is 1. The van der Waals surface area contributed by atoms with Crippen LogP contribution in [0, 0.1) is 5.92 Å². The molecule has 120 valence electrons. The highest BCUT2D eigenvalue weighted by Gasteiger charge is 2.17. The second-order valence-corrected chi connectivity index (χ2v) is 6.54. The summed E-state index contributed by atoms with van der Waals surface area (Å²) in [4.78, 5) is 2.28. The van der Waals surface area contributed by atoms with Gasteiger partial charge in [0.2, 0.25) is 0 Å². The third-order valence-electron chi connectivity index (χ3n) is 3.41. The van der Waals surface area contributed by atoms with E-state index >= 15 is 0 Å². The van der Waals surface area contributed by atoms with Crippen LogP contribution in [0.15, 0.2) is 18.2 Å². The summed E-state index contributed by atoms with van der Waals surface area (Å²) >= 11 is 6.46. The van der Waals surface area contributed by atoms with E-state index in [9.17, 15) is 0 Å². The lowest BCUT2D eigenvalue weighted by Gasteiger charge is -2.32. The van der Waals surface area contributed by atoms with Crippen molar-refractivity contribution in [2.24, 2.45) is 5.92 Å². The van der Waals surface area contributed by atoms with Gasteiger partial charge in [-0.3, -0.25) is 0 Å². The van der Waals surface area contributed by atoms with Crippen LogP contribution in [0.2, 0.25) is 5.02 Å². The van der Waals surface area contributed by atoms with Crippen LogP contribution in [0.5, 0.6) is 0 Å². The van der Waals surface area contributed by atoms with E-state index in [0.29, 0.717) is 12.0 Å². The molecule has 0 radical (unpaired) electrons. The minimum absolute atomic E-state index is 0.203. The van der Waals surface area contributed by atoms with Gasteiger partial charge < -0.3 is 15.3 Å². The summed E-state index contributed by atoms with van der Waals surface area (Å²) in [7, 11) is 0. The maximum Gasteiger partial charge on any atom is 0.0643 e. The molecule has 0 fully saturated rings. The Bertz CT molecular complexity index is 421.